The second kappa shape index (κ2) is 7.65. The number of thiocarbonyl (C=S) groups is 1. The summed E-state index contributed by atoms with van der Waals surface area (Å²) >= 11 is 5.54. The van der Waals surface area contributed by atoms with Crippen LogP contribution < -0.4 is 11.1 Å². The summed E-state index contributed by atoms with van der Waals surface area (Å²) < 4.78 is 55.6. The minimum Gasteiger partial charge on any atom is -0.402 e. The molecule has 4 aliphatic rings. The van der Waals surface area contributed by atoms with E-state index in [-0.39, 0.29) is 11.6 Å². The number of allylic oxidation sites excluding steroid dienone is 1. The van der Waals surface area contributed by atoms with Crippen LogP contribution in [0.3, 0.4) is 0 Å². The van der Waals surface area contributed by atoms with Crippen molar-refractivity contribution in [2.45, 2.75) is 50.9 Å². The monoisotopic (exact) mass is 506 g/mol. The van der Waals surface area contributed by atoms with Gasteiger partial charge in [-0.25, -0.2) is 9.07 Å². The predicted octanol–water partition coefficient (Wildman–Crippen LogP) is 4.28. The second-order valence-corrected chi connectivity index (χ2v) is 10.8. The molecule has 1 aromatic carbocycles. The first-order valence-corrected chi connectivity index (χ1v) is 12.3. The Kier molecular flexibility index (Phi) is 4.97. The Morgan fingerprint density at radius 3 is 2.83 bits per heavy atom. The van der Waals surface area contributed by atoms with Gasteiger partial charge in [-0.05, 0) is 67.4 Å². The Morgan fingerprint density at radius 2 is 2.09 bits per heavy atom. The zero-order valence-corrected chi connectivity index (χ0v) is 20.0. The summed E-state index contributed by atoms with van der Waals surface area (Å²) in [6.45, 7) is 4.26. The lowest BCUT2D eigenvalue weighted by Crippen LogP contribution is -2.47. The lowest BCUT2D eigenvalue weighted by molar-refractivity contribution is -0.137. The number of nitrogens with two attached hydrogens (primary N) is 1. The first-order valence-electron chi connectivity index (χ1n) is 11.9. The summed E-state index contributed by atoms with van der Waals surface area (Å²) in [5.41, 5.74) is 6.09. The van der Waals surface area contributed by atoms with Crippen molar-refractivity contribution < 1.29 is 17.6 Å². The molecule has 0 radical (unpaired) electrons. The fourth-order valence-corrected chi connectivity index (χ4v) is 6.87. The van der Waals surface area contributed by atoms with Crippen molar-refractivity contribution in [3.05, 3.63) is 52.7 Å². The van der Waals surface area contributed by atoms with Crippen molar-refractivity contribution in [2.24, 2.45) is 23.0 Å². The summed E-state index contributed by atoms with van der Waals surface area (Å²) in [7, 11) is 0. The predicted molar refractivity (Wildman–Crippen MR) is 126 cm³/mol. The lowest BCUT2D eigenvalue weighted by Gasteiger charge is -2.38. The van der Waals surface area contributed by atoms with E-state index in [1.807, 2.05) is 13.0 Å². The fourth-order valence-electron chi connectivity index (χ4n) is 6.54. The van der Waals surface area contributed by atoms with Crippen LogP contribution in [0, 0.1) is 23.1 Å². The molecular formula is C24H26F4N6S. The first-order chi connectivity index (χ1) is 16.5. The molecule has 6 nitrogen and oxygen atoms in total. The first kappa shape index (κ1) is 22.8. The largest absolute Gasteiger partial charge is 0.416 e. The average Bonchev–Trinajstić information content (AvgIpc) is 3.05. The molecule has 3 N–H and O–H groups in total. The van der Waals surface area contributed by atoms with Gasteiger partial charge in [-0.2, -0.15) is 18.2 Å². The summed E-state index contributed by atoms with van der Waals surface area (Å²) in [5, 5.41) is 8.12. The minimum atomic E-state index is -4.61. The molecule has 1 aromatic heterocycles. The van der Waals surface area contributed by atoms with E-state index in [2.05, 4.69) is 20.3 Å². The molecule has 11 heteroatoms. The van der Waals surface area contributed by atoms with E-state index in [4.69, 9.17) is 18.0 Å². The van der Waals surface area contributed by atoms with E-state index in [0.717, 1.165) is 37.0 Å². The van der Waals surface area contributed by atoms with Crippen molar-refractivity contribution >= 4 is 23.2 Å². The summed E-state index contributed by atoms with van der Waals surface area (Å²) in [5.74, 6) is 0.714. The molecule has 3 unspecified atom stereocenters. The van der Waals surface area contributed by atoms with E-state index >= 15 is 0 Å². The molecule has 5 atom stereocenters. The van der Waals surface area contributed by atoms with Gasteiger partial charge in [0.05, 0.1) is 5.56 Å². The van der Waals surface area contributed by atoms with Gasteiger partial charge < -0.3 is 16.0 Å². The maximum Gasteiger partial charge on any atom is 0.416 e. The summed E-state index contributed by atoms with van der Waals surface area (Å²) in [6.07, 6.45) is -0.311. The highest BCUT2D eigenvalue weighted by Crippen LogP contribution is 2.74. The Bertz CT molecular complexity index is 1240. The number of hydrogen-bond donors (Lipinski definition) is 2. The maximum absolute atomic E-state index is 14.1. The molecule has 2 aromatic rings. The Balaban J connectivity index is 1.21. The van der Waals surface area contributed by atoms with Gasteiger partial charge in [0, 0.05) is 43.2 Å². The molecule has 6 rings (SSSR count). The molecule has 2 aliphatic heterocycles. The van der Waals surface area contributed by atoms with E-state index in [1.54, 1.807) is 4.68 Å². The molecule has 186 valence electrons. The van der Waals surface area contributed by atoms with E-state index in [9.17, 15) is 17.6 Å². The standard InChI is InChI=1S/C24H26F4N6S/c1-12(29)5-19(35)33-10-18-20(17-9-23(17,18)11-33)30-22-31-21-16(3-2-4-34(21)32-22)13-6-14(24(26,27)28)8-15(25)7-13/h5-8,16-18,20H,2-4,9-11,29H2,1H3,(H,30,32)/t16?,17?,18-,20+,23?/m0/s1. The van der Waals surface area contributed by atoms with Crippen LogP contribution in [0.15, 0.2) is 30.0 Å². The number of aryl methyl sites for hydroxylation is 1. The van der Waals surface area contributed by atoms with Crippen LogP contribution in [0.5, 0.6) is 0 Å². The molecule has 1 spiro atoms. The Labute approximate surface area is 205 Å². The summed E-state index contributed by atoms with van der Waals surface area (Å²) in [6, 6.07) is 2.97. The van der Waals surface area contributed by atoms with Crippen molar-refractivity contribution in [2.75, 3.05) is 18.4 Å². The van der Waals surface area contributed by atoms with Crippen LogP contribution >= 0.6 is 12.2 Å². The lowest BCUT2D eigenvalue weighted by atomic mass is 9.71. The summed E-state index contributed by atoms with van der Waals surface area (Å²) in [4.78, 5) is 7.67. The minimum absolute atomic E-state index is 0.236. The van der Waals surface area contributed by atoms with Crippen LogP contribution in [0.25, 0.3) is 0 Å². The van der Waals surface area contributed by atoms with Crippen LogP contribution in [0.4, 0.5) is 23.5 Å². The number of likely N-dealkylation sites (tertiary alicyclic amines) is 1. The number of rotatable bonds is 4. The van der Waals surface area contributed by atoms with Crippen LogP contribution in [0.1, 0.15) is 49.1 Å². The molecular weight excluding hydrogens is 480 g/mol. The number of aromatic nitrogens is 3. The Hall–Kier alpha value is -2.69. The Morgan fingerprint density at radius 1 is 1.29 bits per heavy atom. The van der Waals surface area contributed by atoms with Crippen molar-refractivity contribution in [3.8, 4) is 0 Å². The number of benzene rings is 1. The highest BCUT2D eigenvalue weighted by Gasteiger charge is 2.76. The van der Waals surface area contributed by atoms with Crippen LogP contribution in [-0.2, 0) is 12.7 Å². The van der Waals surface area contributed by atoms with Gasteiger partial charge in [-0.3, -0.25) is 0 Å². The third kappa shape index (κ3) is 3.70. The molecule has 0 amide bonds. The van der Waals surface area contributed by atoms with Crippen molar-refractivity contribution in [3.63, 3.8) is 0 Å². The smallest absolute Gasteiger partial charge is 0.402 e. The highest BCUT2D eigenvalue weighted by molar-refractivity contribution is 7.80. The topological polar surface area (TPSA) is 72.0 Å². The maximum atomic E-state index is 14.1. The molecule has 35 heavy (non-hydrogen) atoms. The van der Waals surface area contributed by atoms with Gasteiger partial charge in [0.15, 0.2) is 0 Å². The van der Waals surface area contributed by atoms with Crippen LogP contribution in [0.2, 0.25) is 0 Å². The number of nitrogens with one attached hydrogen (secondary N) is 1. The SMILES string of the molecule is CC(N)=CC(=S)N1C[C@H]2[C@H](Nc3nc4n(n3)CCCC4c3cc(F)cc(C(F)(F)F)c3)C3CC32C1. The van der Waals surface area contributed by atoms with Gasteiger partial charge in [-0.1, -0.05) is 12.2 Å². The van der Waals surface area contributed by atoms with E-state index in [1.165, 1.54) is 6.07 Å². The van der Waals surface area contributed by atoms with Gasteiger partial charge >= 0.3 is 6.18 Å². The normalized spacial score (nSPS) is 31.3. The van der Waals surface area contributed by atoms with Crippen molar-refractivity contribution in [1.82, 2.24) is 19.7 Å². The zero-order valence-electron chi connectivity index (χ0n) is 19.1. The number of alkyl halides is 3. The van der Waals surface area contributed by atoms with E-state index in [0.29, 0.717) is 53.8 Å². The van der Waals surface area contributed by atoms with Crippen molar-refractivity contribution in [1.29, 1.82) is 0 Å². The number of nitrogens with zero attached hydrogens (tertiary/aromatic N) is 4. The highest BCUT2D eigenvalue weighted by atomic mass is 32.1. The van der Waals surface area contributed by atoms with Gasteiger partial charge in [-0.15, -0.1) is 5.10 Å². The number of anilines is 1. The number of halogens is 4. The van der Waals surface area contributed by atoms with Crippen LogP contribution in [-0.4, -0.2) is 43.8 Å². The fraction of sp³-hybridized carbons (Fsp3) is 0.542. The molecule has 3 fully saturated rings. The van der Waals surface area contributed by atoms with E-state index < -0.39 is 23.5 Å². The molecule has 0 bridgehead atoms. The third-order valence-corrected chi connectivity index (χ3v) is 8.55. The molecule has 1 saturated heterocycles. The number of hydrogen-bond acceptors (Lipinski definition) is 5. The third-order valence-electron chi connectivity index (χ3n) is 8.17. The number of fused-ring (bicyclic) bond motifs is 1. The average molecular weight is 507 g/mol. The zero-order chi connectivity index (χ0) is 24.7. The van der Waals surface area contributed by atoms with Gasteiger partial charge in [0.1, 0.15) is 16.6 Å². The quantitative estimate of drug-likeness (QED) is 0.366. The molecule has 2 aliphatic carbocycles. The second-order valence-electron chi connectivity index (χ2n) is 10.4. The molecule has 3 heterocycles. The molecule has 2 saturated carbocycles. The van der Waals surface area contributed by atoms with Gasteiger partial charge in [0.2, 0.25) is 5.95 Å². The van der Waals surface area contributed by atoms with Gasteiger partial charge in [0.25, 0.3) is 0 Å².